The first-order valence-electron chi connectivity index (χ1n) is 13.4. The Balaban J connectivity index is 1.75. The molecule has 2 nitrogen and oxygen atoms in total. The van der Waals surface area contributed by atoms with Gasteiger partial charge in [0.1, 0.15) is 0 Å². The van der Waals surface area contributed by atoms with E-state index in [0.29, 0.717) is 6.04 Å². The van der Waals surface area contributed by atoms with E-state index < -0.39 is 0 Å². The van der Waals surface area contributed by atoms with Crippen molar-refractivity contribution in [3.8, 4) is 0 Å². The van der Waals surface area contributed by atoms with Crippen LogP contribution in [-0.2, 0) is 23.0 Å². The maximum absolute atomic E-state index is 6.19. The topological polar surface area (TPSA) is 21.3 Å². The van der Waals surface area contributed by atoms with Gasteiger partial charge in [0.15, 0.2) is 0 Å². The Morgan fingerprint density at radius 3 is 2.17 bits per heavy atom. The molecule has 3 aromatic carbocycles. The average Bonchev–Trinajstić information content (AvgIpc) is 3.18. The van der Waals surface area contributed by atoms with E-state index in [0.717, 1.165) is 39.0 Å². The highest BCUT2D eigenvalue weighted by molar-refractivity contribution is 5.80. The van der Waals surface area contributed by atoms with Gasteiger partial charge in [-0.15, -0.1) is 0 Å². The lowest BCUT2D eigenvalue weighted by Gasteiger charge is -2.32. The summed E-state index contributed by atoms with van der Waals surface area (Å²) < 4.78 is 6.19. The minimum atomic E-state index is -0.110. The molecule has 0 spiro atoms. The van der Waals surface area contributed by atoms with Crippen LogP contribution in [0, 0.1) is 0 Å². The summed E-state index contributed by atoms with van der Waals surface area (Å²) in [6, 6.07) is 29.1. The van der Waals surface area contributed by atoms with Gasteiger partial charge in [-0.1, -0.05) is 98.3 Å². The van der Waals surface area contributed by atoms with Crippen molar-refractivity contribution in [2.45, 2.75) is 64.3 Å². The SMILES string of the molecule is CCCCNC(C)CC1(COCC)C=C(Cc2ccccc2)c2c(Cc3ccccc3)cccc21. The number of unbranched alkanes of at least 4 members (excludes halogenated alkanes) is 1. The first-order chi connectivity index (χ1) is 17.1. The van der Waals surface area contributed by atoms with E-state index in [1.54, 1.807) is 0 Å². The number of ether oxygens (including phenoxy) is 1. The van der Waals surface area contributed by atoms with Gasteiger partial charge in [-0.05, 0) is 79.5 Å². The van der Waals surface area contributed by atoms with E-state index in [1.807, 2.05) is 0 Å². The van der Waals surface area contributed by atoms with Crippen LogP contribution in [0.1, 0.15) is 67.9 Å². The van der Waals surface area contributed by atoms with Crippen LogP contribution in [-0.4, -0.2) is 25.8 Å². The molecule has 2 heteroatoms. The van der Waals surface area contributed by atoms with Crippen molar-refractivity contribution in [1.29, 1.82) is 0 Å². The zero-order valence-electron chi connectivity index (χ0n) is 21.7. The van der Waals surface area contributed by atoms with E-state index in [-0.39, 0.29) is 5.41 Å². The maximum atomic E-state index is 6.19. The Morgan fingerprint density at radius 2 is 1.51 bits per heavy atom. The van der Waals surface area contributed by atoms with Crippen molar-refractivity contribution in [3.63, 3.8) is 0 Å². The van der Waals surface area contributed by atoms with Gasteiger partial charge in [-0.25, -0.2) is 0 Å². The fourth-order valence-electron chi connectivity index (χ4n) is 5.57. The van der Waals surface area contributed by atoms with Crippen LogP contribution in [0.25, 0.3) is 5.57 Å². The van der Waals surface area contributed by atoms with E-state index in [2.05, 4.69) is 111 Å². The number of benzene rings is 3. The number of allylic oxidation sites excluding steroid dienone is 1. The normalized spacial score (nSPS) is 17.7. The summed E-state index contributed by atoms with van der Waals surface area (Å²) in [6.45, 7) is 9.23. The van der Waals surface area contributed by atoms with Crippen LogP contribution in [0.5, 0.6) is 0 Å². The molecule has 3 aromatic rings. The third kappa shape index (κ3) is 6.31. The number of hydrogen-bond acceptors (Lipinski definition) is 2. The molecule has 0 aliphatic heterocycles. The highest BCUT2D eigenvalue weighted by Crippen LogP contribution is 2.47. The molecule has 1 N–H and O–H groups in total. The molecular weight excluding hydrogens is 426 g/mol. The minimum Gasteiger partial charge on any atom is -0.380 e. The lowest BCUT2D eigenvalue weighted by molar-refractivity contribution is 0.103. The molecule has 0 amide bonds. The standard InChI is InChI=1S/C33H41NO/c1-4-6-20-34-26(3)23-33(25-35-5-2)24-30(22-28-16-11-8-12-17-28)32-29(18-13-19-31(32)33)21-27-14-9-7-10-15-27/h7-19,24,26,34H,4-6,20-23,25H2,1-3H3. The third-order valence-corrected chi connectivity index (χ3v) is 7.19. The Hall–Kier alpha value is -2.68. The van der Waals surface area contributed by atoms with E-state index in [1.165, 1.54) is 46.2 Å². The van der Waals surface area contributed by atoms with Crippen LogP contribution < -0.4 is 5.32 Å². The molecule has 2 unspecified atom stereocenters. The van der Waals surface area contributed by atoms with Gasteiger partial charge in [0.25, 0.3) is 0 Å². The summed E-state index contributed by atoms with van der Waals surface area (Å²) in [6.07, 6.45) is 7.94. The van der Waals surface area contributed by atoms with Crippen LogP contribution in [0.15, 0.2) is 84.9 Å². The number of nitrogens with one attached hydrogen (secondary N) is 1. The summed E-state index contributed by atoms with van der Waals surface area (Å²) in [4.78, 5) is 0. The number of rotatable bonds is 13. The maximum Gasteiger partial charge on any atom is 0.0598 e. The number of fused-ring (bicyclic) bond motifs is 1. The Labute approximate surface area is 212 Å². The molecule has 0 aromatic heterocycles. The van der Waals surface area contributed by atoms with Gasteiger partial charge in [0, 0.05) is 18.1 Å². The molecule has 0 saturated carbocycles. The van der Waals surface area contributed by atoms with Crippen LogP contribution in [0.4, 0.5) is 0 Å². The zero-order chi connectivity index (χ0) is 24.5. The molecule has 2 atom stereocenters. The Kier molecular flexibility index (Phi) is 8.95. The fourth-order valence-corrected chi connectivity index (χ4v) is 5.57. The van der Waals surface area contributed by atoms with Crippen LogP contribution in [0.3, 0.4) is 0 Å². The third-order valence-electron chi connectivity index (χ3n) is 7.19. The molecule has 0 saturated heterocycles. The highest BCUT2D eigenvalue weighted by atomic mass is 16.5. The summed E-state index contributed by atoms with van der Waals surface area (Å²) in [5.74, 6) is 0. The quantitative estimate of drug-likeness (QED) is 0.265. The van der Waals surface area contributed by atoms with Gasteiger partial charge in [-0.3, -0.25) is 0 Å². The molecular formula is C33H41NO. The zero-order valence-corrected chi connectivity index (χ0v) is 21.7. The monoisotopic (exact) mass is 467 g/mol. The lowest BCUT2D eigenvalue weighted by atomic mass is 9.77. The van der Waals surface area contributed by atoms with Crippen LogP contribution >= 0.6 is 0 Å². The second-order valence-corrected chi connectivity index (χ2v) is 10.0. The van der Waals surface area contributed by atoms with Gasteiger partial charge in [0.2, 0.25) is 0 Å². The fraction of sp³-hybridized carbons (Fsp3) is 0.394. The molecule has 1 aliphatic carbocycles. The molecule has 1 aliphatic rings. The highest BCUT2D eigenvalue weighted by Gasteiger charge is 2.40. The van der Waals surface area contributed by atoms with Crippen molar-refractivity contribution in [3.05, 3.63) is 113 Å². The summed E-state index contributed by atoms with van der Waals surface area (Å²) in [5, 5.41) is 3.78. The van der Waals surface area contributed by atoms with Crippen molar-refractivity contribution < 1.29 is 4.74 Å². The lowest BCUT2D eigenvalue weighted by Crippen LogP contribution is -2.38. The van der Waals surface area contributed by atoms with Gasteiger partial charge < -0.3 is 10.1 Å². The van der Waals surface area contributed by atoms with Crippen LogP contribution in [0.2, 0.25) is 0 Å². The smallest absolute Gasteiger partial charge is 0.0598 e. The summed E-state index contributed by atoms with van der Waals surface area (Å²) >= 11 is 0. The molecule has 0 heterocycles. The number of hydrogen-bond donors (Lipinski definition) is 1. The molecule has 35 heavy (non-hydrogen) atoms. The van der Waals surface area contributed by atoms with Crippen molar-refractivity contribution in [2.75, 3.05) is 19.8 Å². The van der Waals surface area contributed by atoms with Crippen molar-refractivity contribution in [2.24, 2.45) is 0 Å². The summed E-state index contributed by atoms with van der Waals surface area (Å²) in [5.41, 5.74) is 8.35. The first-order valence-corrected chi connectivity index (χ1v) is 13.4. The molecule has 184 valence electrons. The average molecular weight is 468 g/mol. The van der Waals surface area contributed by atoms with Gasteiger partial charge in [-0.2, -0.15) is 0 Å². The second kappa shape index (κ2) is 12.3. The van der Waals surface area contributed by atoms with E-state index in [9.17, 15) is 0 Å². The Bertz CT molecular complexity index is 1090. The second-order valence-electron chi connectivity index (χ2n) is 10.0. The van der Waals surface area contributed by atoms with Crippen molar-refractivity contribution in [1.82, 2.24) is 5.32 Å². The van der Waals surface area contributed by atoms with Gasteiger partial charge in [0.05, 0.1) is 6.61 Å². The minimum absolute atomic E-state index is 0.110. The van der Waals surface area contributed by atoms with Gasteiger partial charge >= 0.3 is 0 Å². The largest absolute Gasteiger partial charge is 0.380 e. The molecule has 0 bridgehead atoms. The van der Waals surface area contributed by atoms with E-state index >= 15 is 0 Å². The predicted octanol–water partition coefficient (Wildman–Crippen LogP) is 7.36. The molecule has 0 radical (unpaired) electrons. The summed E-state index contributed by atoms with van der Waals surface area (Å²) in [7, 11) is 0. The first kappa shape index (κ1) is 25.4. The van der Waals surface area contributed by atoms with E-state index in [4.69, 9.17) is 4.74 Å². The predicted molar refractivity (Wildman–Crippen MR) is 149 cm³/mol. The molecule has 0 fully saturated rings. The Morgan fingerprint density at radius 1 is 0.829 bits per heavy atom. The molecule has 4 rings (SSSR count). The van der Waals surface area contributed by atoms with Crippen molar-refractivity contribution >= 4 is 5.57 Å².